The normalized spacial score (nSPS) is 16.4. The Labute approximate surface area is 150 Å². The molecule has 1 aromatic carbocycles. The van der Waals surface area contributed by atoms with Crippen molar-refractivity contribution in [3.05, 3.63) is 83.4 Å². The van der Waals surface area contributed by atoms with Crippen LogP contribution in [-0.4, -0.2) is 27.0 Å². The van der Waals surface area contributed by atoms with E-state index >= 15 is 0 Å². The fourth-order valence-electron chi connectivity index (χ4n) is 3.25. The summed E-state index contributed by atoms with van der Waals surface area (Å²) in [5.74, 6) is 0. The maximum absolute atomic E-state index is 13.0. The summed E-state index contributed by atoms with van der Waals surface area (Å²) in [5, 5.41) is 3.17. The van der Waals surface area contributed by atoms with Crippen LogP contribution < -0.4 is 5.32 Å². The molecule has 0 unspecified atom stereocenters. The van der Waals surface area contributed by atoms with Crippen molar-refractivity contribution in [1.82, 2.24) is 14.5 Å². The van der Waals surface area contributed by atoms with Gasteiger partial charge in [-0.05, 0) is 29.8 Å². The molecular formula is C19H17ClN4O. The number of anilines is 1. The number of halogens is 1. The van der Waals surface area contributed by atoms with Gasteiger partial charge in [-0.2, -0.15) is 0 Å². The van der Waals surface area contributed by atoms with E-state index < -0.39 is 0 Å². The second-order valence-corrected chi connectivity index (χ2v) is 6.26. The zero-order valence-corrected chi connectivity index (χ0v) is 14.2. The number of hydrogen-bond acceptors (Lipinski definition) is 2. The third-order valence-electron chi connectivity index (χ3n) is 4.42. The molecule has 2 amide bonds. The molecule has 6 heteroatoms. The van der Waals surface area contributed by atoms with Gasteiger partial charge in [0.2, 0.25) is 0 Å². The highest BCUT2D eigenvalue weighted by Gasteiger charge is 2.32. The minimum Gasteiger partial charge on any atom is -0.348 e. The molecule has 0 fully saturated rings. The van der Waals surface area contributed by atoms with Crippen LogP contribution in [0.2, 0.25) is 5.15 Å². The van der Waals surface area contributed by atoms with Gasteiger partial charge in [-0.1, -0.05) is 41.9 Å². The first kappa shape index (κ1) is 15.7. The number of aromatic nitrogens is 2. The van der Waals surface area contributed by atoms with Crippen molar-refractivity contribution in [3.8, 4) is 0 Å². The van der Waals surface area contributed by atoms with Crippen molar-refractivity contribution in [2.75, 3.05) is 11.9 Å². The number of hydrogen-bond donors (Lipinski definition) is 1. The van der Waals surface area contributed by atoms with Crippen molar-refractivity contribution >= 4 is 23.3 Å². The number of urea groups is 1. The lowest BCUT2D eigenvalue weighted by molar-refractivity contribution is 0.182. The third kappa shape index (κ3) is 2.98. The molecule has 0 spiro atoms. The van der Waals surface area contributed by atoms with E-state index in [1.165, 1.54) is 0 Å². The summed E-state index contributed by atoms with van der Waals surface area (Å²) in [6.45, 7) is 1.38. The van der Waals surface area contributed by atoms with E-state index in [-0.39, 0.29) is 17.2 Å². The maximum Gasteiger partial charge on any atom is 0.322 e. The summed E-state index contributed by atoms with van der Waals surface area (Å²) in [4.78, 5) is 18.8. The molecule has 5 nitrogen and oxygen atoms in total. The molecule has 1 aliphatic heterocycles. The highest BCUT2D eigenvalue weighted by Crippen LogP contribution is 2.33. The molecule has 4 rings (SSSR count). The van der Waals surface area contributed by atoms with Gasteiger partial charge in [-0.15, -0.1) is 0 Å². The van der Waals surface area contributed by atoms with Crippen LogP contribution >= 0.6 is 11.6 Å². The molecule has 1 N–H and O–H groups in total. The van der Waals surface area contributed by atoms with Gasteiger partial charge in [0.15, 0.2) is 5.15 Å². The fourth-order valence-corrected chi connectivity index (χ4v) is 3.42. The molecule has 0 saturated carbocycles. The molecular weight excluding hydrogens is 336 g/mol. The zero-order chi connectivity index (χ0) is 17.2. The van der Waals surface area contributed by atoms with Crippen LogP contribution in [0.15, 0.2) is 67.0 Å². The molecule has 0 saturated heterocycles. The summed E-state index contributed by atoms with van der Waals surface area (Å²) in [6, 6.07) is 17.3. The van der Waals surface area contributed by atoms with Gasteiger partial charge < -0.3 is 14.8 Å². The van der Waals surface area contributed by atoms with E-state index in [9.17, 15) is 4.79 Å². The topological polar surface area (TPSA) is 50.2 Å². The molecule has 0 bridgehead atoms. The van der Waals surface area contributed by atoms with E-state index in [0.29, 0.717) is 12.2 Å². The van der Waals surface area contributed by atoms with Gasteiger partial charge in [-0.3, -0.25) is 0 Å². The molecule has 0 radical (unpaired) electrons. The Hall–Kier alpha value is -2.79. The zero-order valence-electron chi connectivity index (χ0n) is 13.5. The van der Waals surface area contributed by atoms with Crippen LogP contribution in [0.1, 0.15) is 17.3 Å². The Morgan fingerprint density at radius 1 is 1.08 bits per heavy atom. The molecule has 2 aromatic heterocycles. The molecule has 3 heterocycles. The lowest BCUT2D eigenvalue weighted by Crippen LogP contribution is -2.44. The van der Waals surface area contributed by atoms with Crippen LogP contribution in [0, 0.1) is 0 Å². The average molecular weight is 353 g/mol. The number of nitrogens with one attached hydrogen (secondary N) is 1. The first-order valence-electron chi connectivity index (χ1n) is 8.12. The molecule has 1 atom stereocenters. The van der Waals surface area contributed by atoms with Gasteiger partial charge in [0, 0.05) is 31.2 Å². The quantitative estimate of drug-likeness (QED) is 0.703. The van der Waals surface area contributed by atoms with Crippen molar-refractivity contribution in [2.24, 2.45) is 0 Å². The van der Waals surface area contributed by atoms with Gasteiger partial charge >= 0.3 is 6.03 Å². The van der Waals surface area contributed by atoms with E-state index in [0.717, 1.165) is 17.8 Å². The average Bonchev–Trinajstić information content (AvgIpc) is 3.12. The summed E-state index contributed by atoms with van der Waals surface area (Å²) in [5.41, 5.74) is 2.70. The molecule has 3 aromatic rings. The van der Waals surface area contributed by atoms with Crippen molar-refractivity contribution < 1.29 is 4.79 Å². The van der Waals surface area contributed by atoms with E-state index in [2.05, 4.69) is 27.1 Å². The predicted molar refractivity (Wildman–Crippen MR) is 97.7 cm³/mol. The monoisotopic (exact) mass is 352 g/mol. The van der Waals surface area contributed by atoms with Crippen LogP contribution in [0.4, 0.5) is 10.5 Å². The number of carbonyl (C=O) groups excluding carboxylic acids is 1. The Bertz CT molecular complexity index is 893. The van der Waals surface area contributed by atoms with Gasteiger partial charge in [0.1, 0.15) is 0 Å². The number of rotatable bonds is 2. The Morgan fingerprint density at radius 2 is 1.92 bits per heavy atom. The number of fused-ring (bicyclic) bond motifs is 1. The first-order valence-corrected chi connectivity index (χ1v) is 8.50. The summed E-state index contributed by atoms with van der Waals surface area (Å²) >= 11 is 6.08. The van der Waals surface area contributed by atoms with Crippen LogP contribution in [0.25, 0.3) is 0 Å². The van der Waals surface area contributed by atoms with Crippen LogP contribution in [0.3, 0.4) is 0 Å². The molecule has 126 valence electrons. The Balaban J connectivity index is 1.68. The van der Waals surface area contributed by atoms with Gasteiger partial charge in [0.25, 0.3) is 0 Å². The largest absolute Gasteiger partial charge is 0.348 e. The van der Waals surface area contributed by atoms with E-state index in [1.54, 1.807) is 18.3 Å². The van der Waals surface area contributed by atoms with Crippen LogP contribution in [-0.2, 0) is 6.54 Å². The predicted octanol–water partition coefficient (Wildman–Crippen LogP) is 4.17. The number of nitrogens with zero attached hydrogens (tertiary/aromatic N) is 3. The molecule has 25 heavy (non-hydrogen) atoms. The fraction of sp³-hybridized carbons (Fsp3) is 0.158. The summed E-state index contributed by atoms with van der Waals surface area (Å²) in [6.07, 6.45) is 3.65. The Kier molecular flexibility index (Phi) is 4.15. The maximum atomic E-state index is 13.0. The molecule has 0 aliphatic carbocycles. The van der Waals surface area contributed by atoms with Gasteiger partial charge in [0.05, 0.1) is 11.7 Å². The Morgan fingerprint density at radius 3 is 2.72 bits per heavy atom. The van der Waals surface area contributed by atoms with E-state index in [1.807, 2.05) is 41.3 Å². The lowest BCUT2D eigenvalue weighted by atomic mass is 10.0. The van der Waals surface area contributed by atoms with E-state index in [4.69, 9.17) is 11.6 Å². The number of carbonyl (C=O) groups is 1. The third-order valence-corrected chi connectivity index (χ3v) is 4.72. The molecule has 1 aliphatic rings. The van der Waals surface area contributed by atoms with Crippen molar-refractivity contribution in [1.29, 1.82) is 0 Å². The first-order chi connectivity index (χ1) is 12.2. The summed E-state index contributed by atoms with van der Waals surface area (Å²) in [7, 11) is 0. The second-order valence-electron chi connectivity index (χ2n) is 5.90. The number of benzene rings is 1. The van der Waals surface area contributed by atoms with Crippen molar-refractivity contribution in [2.45, 2.75) is 12.6 Å². The highest BCUT2D eigenvalue weighted by molar-refractivity contribution is 6.32. The minimum atomic E-state index is -0.184. The standard InChI is InChI=1S/C19H17ClN4O/c20-18-15(8-4-10-21-18)22-19(25)24-13-12-23-11-5-9-16(23)17(24)14-6-2-1-3-7-14/h1-11,17H,12-13H2,(H,22,25)/t17-/m0/s1. The number of amides is 2. The second kappa shape index (κ2) is 6.61. The SMILES string of the molecule is O=C(Nc1cccnc1Cl)N1CCn2cccc2[C@@H]1c1ccccc1. The highest BCUT2D eigenvalue weighted by atomic mass is 35.5. The smallest absolute Gasteiger partial charge is 0.322 e. The summed E-state index contributed by atoms with van der Waals surface area (Å²) < 4.78 is 2.19. The van der Waals surface area contributed by atoms with Crippen molar-refractivity contribution in [3.63, 3.8) is 0 Å². The lowest BCUT2D eigenvalue weighted by Gasteiger charge is -2.37. The van der Waals surface area contributed by atoms with Gasteiger partial charge in [-0.25, -0.2) is 9.78 Å². The van der Waals surface area contributed by atoms with Crippen LogP contribution in [0.5, 0.6) is 0 Å². The minimum absolute atomic E-state index is 0.139. The number of pyridine rings is 1.